The molecule has 3 rings (SSSR count). The number of hydrogen-bond acceptors (Lipinski definition) is 7. The van der Waals surface area contributed by atoms with Gasteiger partial charge in [0.2, 0.25) is 5.13 Å². The smallest absolute Gasteiger partial charge is 0.258 e. The van der Waals surface area contributed by atoms with E-state index in [1.54, 1.807) is 23.6 Å². The van der Waals surface area contributed by atoms with E-state index in [1.807, 2.05) is 23.6 Å². The van der Waals surface area contributed by atoms with Gasteiger partial charge in [0, 0.05) is 10.9 Å². The zero-order valence-corrected chi connectivity index (χ0v) is 14.2. The predicted molar refractivity (Wildman–Crippen MR) is 93.7 cm³/mol. The Morgan fingerprint density at radius 1 is 1.09 bits per heavy atom. The van der Waals surface area contributed by atoms with Gasteiger partial charge in [-0.25, -0.2) is 0 Å². The van der Waals surface area contributed by atoms with E-state index in [4.69, 9.17) is 0 Å². The van der Waals surface area contributed by atoms with E-state index in [-0.39, 0.29) is 17.4 Å². The van der Waals surface area contributed by atoms with Crippen molar-refractivity contribution < 1.29 is 9.59 Å². The highest BCUT2D eigenvalue weighted by Gasteiger charge is 2.12. The average Bonchev–Trinajstić information content (AvgIpc) is 3.25. The molecule has 5 nitrogen and oxygen atoms in total. The topological polar surface area (TPSA) is 72.0 Å². The van der Waals surface area contributed by atoms with Crippen molar-refractivity contribution >= 4 is 51.3 Å². The van der Waals surface area contributed by atoms with Crippen LogP contribution in [0.15, 0.2) is 51.5 Å². The highest BCUT2D eigenvalue weighted by Crippen LogP contribution is 2.26. The third-order valence-corrected chi connectivity index (χ3v) is 5.49. The average molecular weight is 361 g/mol. The van der Waals surface area contributed by atoms with E-state index >= 15 is 0 Å². The molecular weight excluding hydrogens is 350 g/mol. The van der Waals surface area contributed by atoms with Gasteiger partial charge < -0.3 is 0 Å². The van der Waals surface area contributed by atoms with Gasteiger partial charge in [0.1, 0.15) is 0 Å². The Kier molecular flexibility index (Phi) is 5.16. The van der Waals surface area contributed by atoms with Crippen LogP contribution in [-0.2, 0) is 0 Å². The highest BCUT2D eigenvalue weighted by molar-refractivity contribution is 8.01. The fraction of sp³-hybridized carbons (Fsp3) is 0.0667. The van der Waals surface area contributed by atoms with Gasteiger partial charge in [-0.3, -0.25) is 14.9 Å². The zero-order valence-electron chi connectivity index (χ0n) is 11.8. The number of rotatable bonds is 6. The van der Waals surface area contributed by atoms with Crippen LogP contribution in [0.4, 0.5) is 5.13 Å². The fourth-order valence-electron chi connectivity index (χ4n) is 1.72. The van der Waals surface area contributed by atoms with Gasteiger partial charge in [-0.2, -0.15) is 11.3 Å². The molecule has 0 aliphatic rings. The molecule has 0 unspecified atom stereocenters. The number of ketones is 1. The second kappa shape index (κ2) is 7.49. The molecule has 23 heavy (non-hydrogen) atoms. The van der Waals surface area contributed by atoms with E-state index in [1.165, 1.54) is 34.4 Å². The molecule has 1 aromatic carbocycles. The normalized spacial score (nSPS) is 10.4. The number of anilines is 1. The molecule has 0 bridgehead atoms. The summed E-state index contributed by atoms with van der Waals surface area (Å²) in [6.45, 7) is 0. The van der Waals surface area contributed by atoms with E-state index in [9.17, 15) is 9.59 Å². The Balaban J connectivity index is 1.55. The molecule has 0 atom stereocenters. The Bertz CT molecular complexity index is 801. The van der Waals surface area contributed by atoms with Gasteiger partial charge in [-0.15, -0.1) is 10.2 Å². The van der Waals surface area contributed by atoms with Gasteiger partial charge in [0.15, 0.2) is 10.1 Å². The van der Waals surface area contributed by atoms with Crippen LogP contribution < -0.4 is 5.32 Å². The molecular formula is C15H11N3O2S3. The monoisotopic (exact) mass is 361 g/mol. The van der Waals surface area contributed by atoms with Crippen LogP contribution in [0.1, 0.15) is 20.7 Å². The summed E-state index contributed by atoms with van der Waals surface area (Å²) < 4.78 is 0.648. The summed E-state index contributed by atoms with van der Waals surface area (Å²) in [7, 11) is 0. The number of thioether (sulfide) groups is 1. The first-order valence-corrected chi connectivity index (χ1v) is 9.35. The van der Waals surface area contributed by atoms with Crippen LogP contribution in [-0.4, -0.2) is 27.6 Å². The number of carbonyl (C=O) groups is 2. The number of nitrogens with one attached hydrogen (secondary N) is 1. The summed E-state index contributed by atoms with van der Waals surface area (Å²) in [6, 6.07) is 10.9. The second-order valence-corrected chi connectivity index (χ2v) is 7.40. The summed E-state index contributed by atoms with van der Waals surface area (Å²) in [6.07, 6.45) is 0. The molecule has 1 N–H and O–H groups in total. The number of carbonyl (C=O) groups excluding carboxylic acids is 2. The Morgan fingerprint density at radius 2 is 1.91 bits per heavy atom. The number of nitrogens with zero attached hydrogens (tertiary/aromatic N) is 2. The molecule has 2 aromatic heterocycles. The second-order valence-electron chi connectivity index (χ2n) is 4.42. The third kappa shape index (κ3) is 4.25. The maximum absolute atomic E-state index is 12.0. The molecule has 3 aromatic rings. The summed E-state index contributed by atoms with van der Waals surface area (Å²) in [5.74, 6) is 0.117. The first kappa shape index (κ1) is 15.9. The summed E-state index contributed by atoms with van der Waals surface area (Å²) in [5, 5.41) is 14.6. The summed E-state index contributed by atoms with van der Waals surface area (Å²) in [5.41, 5.74) is 1.27. The minimum atomic E-state index is -0.209. The van der Waals surface area contributed by atoms with Gasteiger partial charge in [-0.1, -0.05) is 53.4 Å². The molecule has 8 heteroatoms. The van der Waals surface area contributed by atoms with Crippen molar-refractivity contribution in [3.8, 4) is 0 Å². The van der Waals surface area contributed by atoms with Crippen molar-refractivity contribution in [2.24, 2.45) is 0 Å². The Morgan fingerprint density at radius 3 is 2.65 bits per heavy atom. The van der Waals surface area contributed by atoms with Crippen LogP contribution >= 0.6 is 34.4 Å². The van der Waals surface area contributed by atoms with Gasteiger partial charge in [0.25, 0.3) is 5.91 Å². The first-order valence-electron chi connectivity index (χ1n) is 6.60. The maximum atomic E-state index is 12.0. The summed E-state index contributed by atoms with van der Waals surface area (Å²) in [4.78, 5) is 23.9. The molecule has 0 saturated heterocycles. The molecule has 0 saturated carbocycles. The van der Waals surface area contributed by atoms with Crippen LogP contribution in [0, 0.1) is 0 Å². The lowest BCUT2D eigenvalue weighted by atomic mass is 10.2. The van der Waals surface area contributed by atoms with Crippen molar-refractivity contribution in [2.45, 2.75) is 4.34 Å². The predicted octanol–water partition coefficient (Wildman–Crippen LogP) is 3.83. The molecule has 0 aliphatic heterocycles. The number of hydrogen-bond donors (Lipinski definition) is 1. The van der Waals surface area contributed by atoms with Crippen molar-refractivity contribution in [1.82, 2.24) is 10.2 Å². The number of amides is 1. The minimum Gasteiger partial charge on any atom is -0.296 e. The van der Waals surface area contributed by atoms with Gasteiger partial charge in [0.05, 0.1) is 11.3 Å². The first-order chi connectivity index (χ1) is 11.2. The summed E-state index contributed by atoms with van der Waals surface area (Å²) >= 11 is 4.03. The molecule has 0 radical (unpaired) electrons. The Labute approximate surface area is 144 Å². The van der Waals surface area contributed by atoms with Crippen molar-refractivity contribution in [1.29, 1.82) is 0 Å². The van der Waals surface area contributed by atoms with Gasteiger partial charge in [-0.05, 0) is 11.4 Å². The minimum absolute atomic E-state index is 0.0367. The van der Waals surface area contributed by atoms with E-state index in [0.717, 1.165) is 0 Å². The largest absolute Gasteiger partial charge is 0.296 e. The van der Waals surface area contributed by atoms with Crippen molar-refractivity contribution in [3.05, 3.63) is 58.3 Å². The lowest BCUT2D eigenvalue weighted by Gasteiger charge is -1.98. The fourth-order valence-corrected chi connectivity index (χ4v) is 3.99. The Hall–Kier alpha value is -2.03. The van der Waals surface area contributed by atoms with Gasteiger partial charge >= 0.3 is 0 Å². The number of benzene rings is 1. The number of Topliss-reactive ketones (excluding diaryl/α,β-unsaturated/α-hetero) is 1. The molecule has 0 aliphatic carbocycles. The molecule has 0 spiro atoms. The molecule has 0 fully saturated rings. The van der Waals surface area contributed by atoms with Crippen LogP contribution in [0.25, 0.3) is 0 Å². The lowest BCUT2D eigenvalue weighted by molar-refractivity contribution is 0.101. The van der Waals surface area contributed by atoms with Crippen LogP contribution in [0.2, 0.25) is 0 Å². The zero-order chi connectivity index (χ0) is 16.1. The highest BCUT2D eigenvalue weighted by atomic mass is 32.2. The maximum Gasteiger partial charge on any atom is 0.258 e. The molecule has 2 heterocycles. The molecule has 116 valence electrons. The lowest BCUT2D eigenvalue weighted by Crippen LogP contribution is -2.10. The van der Waals surface area contributed by atoms with Crippen LogP contribution in [0.5, 0.6) is 0 Å². The van der Waals surface area contributed by atoms with Crippen molar-refractivity contribution in [3.63, 3.8) is 0 Å². The standard InChI is InChI=1S/C15H11N3O2S3/c19-12(10-4-2-1-3-5-10)9-22-15-18-17-14(23-15)16-13(20)11-6-7-21-8-11/h1-8H,9H2,(H,16,17,20). The SMILES string of the molecule is O=C(CSc1nnc(NC(=O)c2ccsc2)s1)c1ccccc1. The van der Waals surface area contributed by atoms with E-state index in [0.29, 0.717) is 20.6 Å². The number of thiophene rings is 1. The quantitative estimate of drug-likeness (QED) is 0.410. The third-order valence-electron chi connectivity index (χ3n) is 2.83. The number of aromatic nitrogens is 2. The van der Waals surface area contributed by atoms with E-state index < -0.39 is 0 Å². The molecule has 1 amide bonds. The van der Waals surface area contributed by atoms with E-state index in [2.05, 4.69) is 15.5 Å². The van der Waals surface area contributed by atoms with Crippen molar-refractivity contribution in [2.75, 3.05) is 11.1 Å². The van der Waals surface area contributed by atoms with Crippen LogP contribution in [0.3, 0.4) is 0 Å².